The maximum absolute atomic E-state index is 5.89. The first kappa shape index (κ1) is 11.1. The first-order valence-electron chi connectivity index (χ1n) is 5.37. The lowest BCUT2D eigenvalue weighted by Gasteiger charge is -2.13. The molecular weight excluding hydrogens is 255 g/mol. The van der Waals surface area contributed by atoms with Crippen LogP contribution in [0, 0.1) is 0 Å². The molecule has 1 aliphatic rings. The first-order chi connectivity index (χ1) is 8.21. The van der Waals surface area contributed by atoms with Crippen molar-refractivity contribution in [2.75, 3.05) is 6.61 Å². The summed E-state index contributed by atoms with van der Waals surface area (Å²) in [5.74, 6) is 0. The van der Waals surface area contributed by atoms with Crippen LogP contribution in [0.15, 0.2) is 48.5 Å². The minimum Gasteiger partial charge on any atom is -0.359 e. The summed E-state index contributed by atoms with van der Waals surface area (Å²) in [7, 11) is 0. The molecule has 0 atom stereocenters. The number of epoxide rings is 1. The van der Waals surface area contributed by atoms with E-state index in [1.165, 1.54) is 0 Å². The first-order valence-corrected chi connectivity index (χ1v) is 6.12. The molecule has 0 radical (unpaired) electrons. The minimum atomic E-state index is -0.296. The van der Waals surface area contributed by atoms with Crippen LogP contribution in [0.2, 0.25) is 10.0 Å². The smallest absolute Gasteiger partial charge is 0.142 e. The molecule has 0 bridgehead atoms. The van der Waals surface area contributed by atoms with Gasteiger partial charge in [-0.3, -0.25) is 0 Å². The summed E-state index contributed by atoms with van der Waals surface area (Å²) >= 11 is 11.8. The number of rotatable bonds is 2. The zero-order valence-corrected chi connectivity index (χ0v) is 10.5. The Bertz CT molecular complexity index is 480. The van der Waals surface area contributed by atoms with Crippen LogP contribution in [-0.2, 0) is 10.3 Å². The Morgan fingerprint density at radius 1 is 0.765 bits per heavy atom. The van der Waals surface area contributed by atoms with E-state index in [0.717, 1.165) is 21.2 Å². The van der Waals surface area contributed by atoms with Crippen molar-refractivity contribution >= 4 is 23.2 Å². The summed E-state index contributed by atoms with van der Waals surface area (Å²) < 4.78 is 5.66. The van der Waals surface area contributed by atoms with E-state index in [1.54, 1.807) is 0 Å². The summed E-state index contributed by atoms with van der Waals surface area (Å²) in [4.78, 5) is 0. The molecule has 1 nitrogen and oxygen atoms in total. The Hall–Kier alpha value is -1.02. The molecule has 1 fully saturated rings. The molecule has 0 amide bonds. The average molecular weight is 265 g/mol. The molecule has 0 N–H and O–H groups in total. The van der Waals surface area contributed by atoms with E-state index in [-0.39, 0.29) is 5.60 Å². The maximum Gasteiger partial charge on any atom is 0.142 e. The zero-order valence-electron chi connectivity index (χ0n) is 8.99. The number of hydrogen-bond acceptors (Lipinski definition) is 1. The van der Waals surface area contributed by atoms with Crippen molar-refractivity contribution in [2.24, 2.45) is 0 Å². The van der Waals surface area contributed by atoms with Crippen molar-refractivity contribution in [2.45, 2.75) is 5.60 Å². The van der Waals surface area contributed by atoms with E-state index in [2.05, 4.69) is 0 Å². The predicted octanol–water partition coefficient (Wildman–Crippen LogP) is 4.27. The number of benzene rings is 2. The lowest BCUT2D eigenvalue weighted by atomic mass is 9.92. The second-order valence-electron chi connectivity index (χ2n) is 4.13. The molecule has 2 aromatic rings. The van der Waals surface area contributed by atoms with E-state index in [9.17, 15) is 0 Å². The van der Waals surface area contributed by atoms with Gasteiger partial charge < -0.3 is 4.74 Å². The highest BCUT2D eigenvalue weighted by Gasteiger charge is 2.48. The minimum absolute atomic E-state index is 0.296. The van der Waals surface area contributed by atoms with Crippen LogP contribution in [0.1, 0.15) is 11.1 Å². The Morgan fingerprint density at radius 3 is 1.41 bits per heavy atom. The van der Waals surface area contributed by atoms with Crippen LogP contribution in [0.4, 0.5) is 0 Å². The molecule has 0 aromatic heterocycles. The molecule has 3 heteroatoms. The van der Waals surface area contributed by atoms with Gasteiger partial charge >= 0.3 is 0 Å². The summed E-state index contributed by atoms with van der Waals surface area (Å²) in [6, 6.07) is 15.6. The molecule has 0 unspecified atom stereocenters. The van der Waals surface area contributed by atoms with Crippen molar-refractivity contribution in [3.63, 3.8) is 0 Å². The third-order valence-electron chi connectivity index (χ3n) is 3.05. The van der Waals surface area contributed by atoms with Crippen molar-refractivity contribution < 1.29 is 4.74 Å². The van der Waals surface area contributed by atoms with Crippen LogP contribution in [-0.4, -0.2) is 6.61 Å². The third kappa shape index (κ3) is 1.95. The van der Waals surface area contributed by atoms with Crippen molar-refractivity contribution in [1.82, 2.24) is 0 Å². The van der Waals surface area contributed by atoms with Crippen molar-refractivity contribution in [1.29, 1.82) is 0 Å². The highest BCUT2D eigenvalue weighted by molar-refractivity contribution is 6.30. The summed E-state index contributed by atoms with van der Waals surface area (Å²) in [5, 5.41) is 1.47. The highest BCUT2D eigenvalue weighted by Crippen LogP contribution is 2.45. The lowest BCUT2D eigenvalue weighted by molar-refractivity contribution is 0.349. The molecule has 0 saturated carbocycles. The second-order valence-corrected chi connectivity index (χ2v) is 5.00. The number of halogens is 2. The Kier molecular flexibility index (Phi) is 2.62. The van der Waals surface area contributed by atoms with Gasteiger partial charge in [0, 0.05) is 10.0 Å². The quantitative estimate of drug-likeness (QED) is 0.739. The maximum atomic E-state index is 5.89. The summed E-state index contributed by atoms with van der Waals surface area (Å²) in [6.45, 7) is 0.705. The van der Waals surface area contributed by atoms with E-state index in [1.807, 2.05) is 48.5 Å². The fraction of sp³-hybridized carbons (Fsp3) is 0.143. The number of ether oxygens (including phenoxy) is 1. The van der Waals surface area contributed by atoms with Gasteiger partial charge in [0.15, 0.2) is 0 Å². The molecule has 1 saturated heterocycles. The average Bonchev–Trinajstić information content (AvgIpc) is 3.12. The molecule has 2 aromatic carbocycles. The van der Waals surface area contributed by atoms with Gasteiger partial charge in [0.1, 0.15) is 5.60 Å². The van der Waals surface area contributed by atoms with Gasteiger partial charge in [-0.2, -0.15) is 0 Å². The normalized spacial score (nSPS) is 16.8. The molecular formula is C14H10Cl2O. The topological polar surface area (TPSA) is 12.5 Å². The van der Waals surface area contributed by atoms with Gasteiger partial charge in [0.25, 0.3) is 0 Å². The van der Waals surface area contributed by atoms with Gasteiger partial charge in [-0.25, -0.2) is 0 Å². The van der Waals surface area contributed by atoms with E-state index in [4.69, 9.17) is 27.9 Å². The highest BCUT2D eigenvalue weighted by atomic mass is 35.5. The van der Waals surface area contributed by atoms with Crippen LogP contribution in [0.3, 0.4) is 0 Å². The van der Waals surface area contributed by atoms with Gasteiger partial charge in [-0.05, 0) is 35.4 Å². The molecule has 3 rings (SSSR count). The fourth-order valence-electron chi connectivity index (χ4n) is 2.01. The SMILES string of the molecule is Clc1ccc(C2(c3ccc(Cl)cc3)CO2)cc1. The summed E-state index contributed by atoms with van der Waals surface area (Å²) in [6.07, 6.45) is 0. The van der Waals surface area contributed by atoms with Gasteiger partial charge in [-0.1, -0.05) is 47.5 Å². The fourth-order valence-corrected chi connectivity index (χ4v) is 2.26. The molecule has 1 heterocycles. The third-order valence-corrected chi connectivity index (χ3v) is 3.56. The molecule has 86 valence electrons. The van der Waals surface area contributed by atoms with Crippen LogP contribution in [0.5, 0.6) is 0 Å². The van der Waals surface area contributed by atoms with Crippen LogP contribution in [0.25, 0.3) is 0 Å². The number of hydrogen-bond donors (Lipinski definition) is 0. The van der Waals surface area contributed by atoms with E-state index < -0.39 is 0 Å². The van der Waals surface area contributed by atoms with E-state index in [0.29, 0.717) is 6.61 Å². The van der Waals surface area contributed by atoms with Gasteiger partial charge in [-0.15, -0.1) is 0 Å². The largest absolute Gasteiger partial charge is 0.359 e. The van der Waals surface area contributed by atoms with Crippen molar-refractivity contribution in [3.05, 3.63) is 69.7 Å². The Balaban J connectivity index is 2.01. The Morgan fingerprint density at radius 2 is 1.12 bits per heavy atom. The molecule has 17 heavy (non-hydrogen) atoms. The second kappa shape index (κ2) is 4.02. The molecule has 0 aliphatic carbocycles. The van der Waals surface area contributed by atoms with Gasteiger partial charge in [0.05, 0.1) is 6.61 Å². The molecule has 0 spiro atoms. The van der Waals surface area contributed by atoms with E-state index >= 15 is 0 Å². The standard InChI is InChI=1S/C14H10Cl2O/c15-12-5-1-10(2-6-12)14(9-17-14)11-3-7-13(16)8-4-11/h1-8H,9H2. The van der Waals surface area contributed by atoms with Gasteiger partial charge in [0.2, 0.25) is 0 Å². The Labute approximate surface area is 110 Å². The molecule has 1 aliphatic heterocycles. The zero-order chi connectivity index (χ0) is 11.9. The van der Waals surface area contributed by atoms with Crippen molar-refractivity contribution in [3.8, 4) is 0 Å². The predicted molar refractivity (Wildman–Crippen MR) is 69.6 cm³/mol. The lowest BCUT2D eigenvalue weighted by Crippen LogP contribution is -2.10. The van der Waals surface area contributed by atoms with Crippen LogP contribution >= 0.6 is 23.2 Å². The monoisotopic (exact) mass is 264 g/mol. The summed E-state index contributed by atoms with van der Waals surface area (Å²) in [5.41, 5.74) is 1.96. The van der Waals surface area contributed by atoms with Crippen LogP contribution < -0.4 is 0 Å².